The first-order valence-electron chi connectivity index (χ1n) is 11.0. The van der Waals surface area contributed by atoms with E-state index in [1.807, 2.05) is 0 Å². The van der Waals surface area contributed by atoms with E-state index < -0.39 is 54.2 Å². The molecule has 0 aliphatic rings. The van der Waals surface area contributed by atoms with Gasteiger partial charge in [-0.2, -0.15) is 22.7 Å². The number of hydrogen-bond acceptors (Lipinski definition) is 7. The molecule has 0 amide bonds. The van der Waals surface area contributed by atoms with Crippen LogP contribution in [-0.4, -0.2) is 41.4 Å². The number of ketones is 1. The number of rotatable bonds is 10. The van der Waals surface area contributed by atoms with Gasteiger partial charge in [0, 0.05) is 11.5 Å². The summed E-state index contributed by atoms with van der Waals surface area (Å²) in [6, 6.07) is 17.7. The highest BCUT2D eigenvalue weighted by Gasteiger charge is 2.22. The molecule has 4 rings (SSSR count). The Morgan fingerprint density at radius 3 is 2.18 bits per heavy atom. The Labute approximate surface area is 212 Å². The predicted molar refractivity (Wildman–Crippen MR) is 126 cm³/mol. The zero-order valence-electron chi connectivity index (χ0n) is 19.4. The van der Waals surface area contributed by atoms with Gasteiger partial charge in [-0.05, 0) is 23.8 Å². The molecule has 0 aliphatic carbocycles. The van der Waals surface area contributed by atoms with E-state index in [0.717, 1.165) is 22.4 Å². The molecule has 8 nitrogen and oxygen atoms in total. The average Bonchev–Trinajstić information content (AvgIpc) is 2.89. The fraction of sp³-hybridized carbons (Fsp3) is 0.154. The maximum absolute atomic E-state index is 12.9. The molecule has 0 saturated heterocycles. The van der Waals surface area contributed by atoms with Gasteiger partial charge in [-0.1, -0.05) is 48.5 Å². The second-order valence-electron chi connectivity index (χ2n) is 7.76. The average molecular weight is 530 g/mol. The Kier molecular flexibility index (Phi) is 8.00. The van der Waals surface area contributed by atoms with Crippen molar-refractivity contribution in [1.82, 2.24) is 9.78 Å². The number of carbonyl (C=O) groups is 2. The summed E-state index contributed by atoms with van der Waals surface area (Å²) in [5, 5.41) is 4.53. The van der Waals surface area contributed by atoms with Gasteiger partial charge in [0.15, 0.2) is 12.3 Å². The lowest BCUT2D eigenvalue weighted by atomic mass is 10.1. The molecule has 1 aromatic heterocycles. The van der Waals surface area contributed by atoms with Crippen molar-refractivity contribution in [2.24, 2.45) is 0 Å². The summed E-state index contributed by atoms with van der Waals surface area (Å²) in [5.74, 6) is -3.26. The summed E-state index contributed by atoms with van der Waals surface area (Å²) in [4.78, 5) is 38.6. The molecule has 0 radical (unpaired) electrons. The van der Waals surface area contributed by atoms with Gasteiger partial charge >= 0.3 is 19.2 Å². The van der Waals surface area contributed by atoms with Crippen LogP contribution < -0.4 is 15.0 Å². The molecular weight excluding hydrogens is 512 g/mol. The summed E-state index contributed by atoms with van der Waals surface area (Å²) >= 11 is 0. The largest absolute Gasteiger partial charge is 0.452 e. The van der Waals surface area contributed by atoms with Crippen LogP contribution in [0.2, 0.25) is 0 Å². The number of alkyl halides is 4. The highest BCUT2D eigenvalue weighted by molar-refractivity contribution is 6.04. The van der Waals surface area contributed by atoms with E-state index >= 15 is 0 Å². The highest BCUT2D eigenvalue weighted by Crippen LogP contribution is 2.28. The van der Waals surface area contributed by atoms with E-state index in [-0.39, 0.29) is 23.0 Å². The van der Waals surface area contributed by atoms with Crippen LogP contribution in [0.15, 0.2) is 77.6 Å². The third kappa shape index (κ3) is 6.14. The van der Waals surface area contributed by atoms with Crippen molar-refractivity contribution in [3.05, 3.63) is 100.0 Å². The van der Waals surface area contributed by atoms with Crippen molar-refractivity contribution in [2.75, 3.05) is 6.61 Å². The molecule has 0 N–H and O–H groups in total. The number of fused-ring (bicyclic) bond motifs is 1. The van der Waals surface area contributed by atoms with Crippen LogP contribution in [0.5, 0.6) is 11.5 Å². The van der Waals surface area contributed by atoms with Crippen molar-refractivity contribution in [3.63, 3.8) is 0 Å². The molecule has 196 valence electrons. The van der Waals surface area contributed by atoms with Gasteiger partial charge in [-0.3, -0.25) is 9.59 Å². The second kappa shape index (κ2) is 11.5. The minimum Gasteiger partial charge on any atom is -0.452 e. The molecule has 0 saturated carbocycles. The topological polar surface area (TPSA) is 96.7 Å². The van der Waals surface area contributed by atoms with Crippen molar-refractivity contribution in [2.45, 2.75) is 19.8 Å². The van der Waals surface area contributed by atoms with E-state index in [1.165, 1.54) is 12.1 Å². The molecule has 0 aliphatic heterocycles. The lowest BCUT2D eigenvalue weighted by Gasteiger charge is -2.13. The number of ether oxygens (including phenoxy) is 3. The van der Waals surface area contributed by atoms with Crippen molar-refractivity contribution >= 4 is 22.5 Å². The van der Waals surface area contributed by atoms with E-state index in [9.17, 15) is 31.9 Å². The molecule has 3 aromatic carbocycles. The SMILES string of the molecule is O=C(COC(=O)c1nn(Cc2ccccc2)c(=O)c2ccccc12)c1ccc(OC(F)F)cc1OC(F)F. The molecule has 0 fully saturated rings. The fourth-order valence-corrected chi connectivity index (χ4v) is 3.63. The Morgan fingerprint density at radius 1 is 0.842 bits per heavy atom. The summed E-state index contributed by atoms with van der Waals surface area (Å²) in [7, 11) is 0. The zero-order valence-corrected chi connectivity index (χ0v) is 19.4. The van der Waals surface area contributed by atoms with Crippen molar-refractivity contribution < 1.29 is 41.4 Å². The number of Topliss-reactive ketones (excluding diaryl/α,β-unsaturated/α-hetero) is 1. The standard InChI is InChI=1S/C26H18F4N2O6/c27-25(28)37-16-10-11-19(21(12-16)38-26(29)30)20(33)14-36-24(35)22-17-8-4-5-9-18(17)23(34)32(31-22)13-15-6-2-1-3-7-15/h1-12,25-26H,13-14H2. The van der Waals surface area contributed by atoms with Gasteiger partial charge in [-0.15, -0.1) is 0 Å². The minimum atomic E-state index is -3.37. The maximum atomic E-state index is 12.9. The van der Waals surface area contributed by atoms with Gasteiger partial charge in [0.25, 0.3) is 5.56 Å². The van der Waals surface area contributed by atoms with Gasteiger partial charge in [0.05, 0.1) is 17.5 Å². The molecule has 0 bridgehead atoms. The number of benzene rings is 3. The van der Waals surface area contributed by atoms with Crippen LogP contribution in [0.25, 0.3) is 10.8 Å². The summed E-state index contributed by atoms with van der Waals surface area (Å²) in [6.07, 6.45) is 0. The molecule has 0 spiro atoms. The molecule has 4 aromatic rings. The molecule has 0 unspecified atom stereocenters. The van der Waals surface area contributed by atoms with Gasteiger partial charge in [-0.25, -0.2) is 9.48 Å². The second-order valence-corrected chi connectivity index (χ2v) is 7.76. The molecule has 0 atom stereocenters. The van der Waals surface area contributed by atoms with E-state index in [2.05, 4.69) is 14.6 Å². The molecule has 38 heavy (non-hydrogen) atoms. The van der Waals surface area contributed by atoms with Crippen LogP contribution in [0, 0.1) is 0 Å². The number of esters is 1. The third-order valence-corrected chi connectivity index (χ3v) is 5.27. The number of halogens is 4. The van der Waals surface area contributed by atoms with Crippen molar-refractivity contribution in [3.8, 4) is 11.5 Å². The Balaban J connectivity index is 1.59. The van der Waals surface area contributed by atoms with Crippen molar-refractivity contribution in [1.29, 1.82) is 0 Å². The number of hydrogen-bond donors (Lipinski definition) is 0. The molecular formula is C26H18F4N2O6. The van der Waals surface area contributed by atoms with Gasteiger partial charge in [0.1, 0.15) is 11.5 Å². The van der Waals surface area contributed by atoms with E-state index in [1.54, 1.807) is 42.5 Å². The fourth-order valence-electron chi connectivity index (χ4n) is 3.63. The molecule has 1 heterocycles. The lowest BCUT2D eigenvalue weighted by molar-refractivity contribution is -0.0545. The monoisotopic (exact) mass is 530 g/mol. The summed E-state index contributed by atoms with van der Waals surface area (Å²) in [5.41, 5.74) is -0.394. The van der Waals surface area contributed by atoms with Crippen LogP contribution in [-0.2, 0) is 11.3 Å². The van der Waals surface area contributed by atoms with Crippen LogP contribution in [0.4, 0.5) is 17.6 Å². The number of nitrogens with zero attached hydrogens (tertiary/aromatic N) is 2. The maximum Gasteiger partial charge on any atom is 0.387 e. The Morgan fingerprint density at radius 2 is 1.50 bits per heavy atom. The van der Waals surface area contributed by atoms with Crippen LogP contribution >= 0.6 is 0 Å². The Bertz CT molecular complexity index is 1530. The quantitative estimate of drug-likeness (QED) is 0.167. The number of carbonyl (C=O) groups excluding carboxylic acids is 2. The minimum absolute atomic E-state index is 0.0606. The Hall–Kier alpha value is -4.74. The van der Waals surface area contributed by atoms with Crippen LogP contribution in [0.3, 0.4) is 0 Å². The molecule has 12 heteroatoms. The zero-order chi connectivity index (χ0) is 27.2. The normalized spacial score (nSPS) is 11.1. The van der Waals surface area contributed by atoms with Gasteiger partial charge < -0.3 is 14.2 Å². The smallest absolute Gasteiger partial charge is 0.387 e. The van der Waals surface area contributed by atoms with E-state index in [0.29, 0.717) is 6.07 Å². The van der Waals surface area contributed by atoms with Gasteiger partial charge in [0.2, 0.25) is 5.78 Å². The highest BCUT2D eigenvalue weighted by atomic mass is 19.3. The first-order valence-corrected chi connectivity index (χ1v) is 11.0. The number of aromatic nitrogens is 2. The first kappa shape index (κ1) is 26.3. The third-order valence-electron chi connectivity index (χ3n) is 5.27. The first-order chi connectivity index (χ1) is 18.2. The van der Waals surface area contributed by atoms with Crippen LogP contribution in [0.1, 0.15) is 26.4 Å². The van der Waals surface area contributed by atoms with E-state index in [4.69, 9.17) is 4.74 Å². The summed E-state index contributed by atoms with van der Waals surface area (Å²) in [6.45, 7) is -7.46. The predicted octanol–water partition coefficient (Wildman–Crippen LogP) is 4.69. The lowest BCUT2D eigenvalue weighted by Crippen LogP contribution is -2.27. The summed E-state index contributed by atoms with van der Waals surface area (Å²) < 4.78 is 65.2.